The van der Waals surface area contributed by atoms with Crippen LogP contribution < -0.4 is 10.2 Å². The summed E-state index contributed by atoms with van der Waals surface area (Å²) in [6.45, 7) is 3.17. The molecule has 4 aromatic rings. The second-order valence-electron chi connectivity index (χ2n) is 9.50. The Morgan fingerprint density at radius 3 is 2.81 bits per heavy atom. The maximum absolute atomic E-state index is 13.2. The van der Waals surface area contributed by atoms with E-state index in [1.807, 2.05) is 25.1 Å². The van der Waals surface area contributed by atoms with Gasteiger partial charge in [0.05, 0.1) is 29.4 Å². The number of hydrogen-bond acceptors (Lipinski definition) is 7. The lowest BCUT2D eigenvalue weighted by Crippen LogP contribution is -2.38. The van der Waals surface area contributed by atoms with Crippen molar-refractivity contribution in [2.24, 2.45) is 0 Å². The number of nitrogens with zero attached hydrogens (tertiary/aromatic N) is 7. The van der Waals surface area contributed by atoms with Crippen molar-refractivity contribution in [3.8, 4) is 11.4 Å². The Bertz CT molecular complexity index is 1460. The summed E-state index contributed by atoms with van der Waals surface area (Å²) in [6, 6.07) is 8.72. The molecule has 2 N–H and O–H groups in total. The number of alkyl halides is 2. The molecule has 1 aromatic carbocycles. The normalized spacial score (nSPS) is 19.6. The summed E-state index contributed by atoms with van der Waals surface area (Å²) in [7, 11) is 0. The first kappa shape index (κ1) is 22.5. The topological polar surface area (TPSA) is 113 Å². The molecular formula is C24H24F2N8O2. The first-order valence-electron chi connectivity index (χ1n) is 11.8. The van der Waals surface area contributed by atoms with Crippen molar-refractivity contribution < 1.29 is 18.7 Å². The summed E-state index contributed by atoms with van der Waals surface area (Å²) in [5.41, 5.74) is 4.01. The van der Waals surface area contributed by atoms with Gasteiger partial charge in [0, 0.05) is 49.1 Å². The molecule has 12 heteroatoms. The molecule has 1 atom stereocenters. The van der Waals surface area contributed by atoms with Crippen LogP contribution in [0.5, 0.6) is 0 Å². The van der Waals surface area contributed by atoms with Crippen molar-refractivity contribution in [3.05, 3.63) is 53.9 Å². The SMILES string of the molecule is Cc1ccc(-c2nnn(C3CC(F)(F)C3)n2)cc1NC(=O)c1cnn2ccc(N3CC[C@@H](O)C3)cc12. The van der Waals surface area contributed by atoms with E-state index >= 15 is 0 Å². The zero-order valence-electron chi connectivity index (χ0n) is 19.5. The number of fused-ring (bicyclic) bond motifs is 1. The van der Waals surface area contributed by atoms with Gasteiger partial charge in [-0.05, 0) is 42.3 Å². The quantitative estimate of drug-likeness (QED) is 0.438. The number of nitrogens with one attached hydrogen (secondary N) is 1. The highest BCUT2D eigenvalue weighted by atomic mass is 19.3. The van der Waals surface area contributed by atoms with Gasteiger partial charge in [0.25, 0.3) is 11.8 Å². The number of carbonyl (C=O) groups excluding carboxylic acids is 1. The van der Waals surface area contributed by atoms with Crippen molar-refractivity contribution in [1.82, 2.24) is 29.8 Å². The standard InChI is InChI=1S/C24H24F2N8O2/c1-14-2-3-15(22-29-31-34(30-22)17-10-24(25,26)11-17)8-20(14)28-23(36)19-12-27-33-7-4-16(9-21(19)33)32-6-5-18(35)13-32/h2-4,7-9,12,17-18,35H,5-6,10-11,13H2,1H3,(H,28,36)/t18-/m1/s1. The summed E-state index contributed by atoms with van der Waals surface area (Å²) in [4.78, 5) is 16.6. The molecule has 2 fully saturated rings. The Morgan fingerprint density at radius 1 is 1.22 bits per heavy atom. The average molecular weight is 495 g/mol. The van der Waals surface area contributed by atoms with Crippen LogP contribution in [-0.4, -0.2) is 66.0 Å². The highest BCUT2D eigenvalue weighted by Gasteiger charge is 2.47. The van der Waals surface area contributed by atoms with Gasteiger partial charge in [-0.1, -0.05) is 12.1 Å². The number of pyridine rings is 1. The Hall–Kier alpha value is -3.93. The number of hydrogen-bond donors (Lipinski definition) is 2. The molecule has 0 spiro atoms. The monoisotopic (exact) mass is 494 g/mol. The number of tetrazole rings is 1. The van der Waals surface area contributed by atoms with E-state index in [2.05, 4.69) is 30.7 Å². The highest BCUT2D eigenvalue weighted by molar-refractivity contribution is 6.09. The number of benzene rings is 1. The molecule has 1 amide bonds. The number of carbonyl (C=O) groups is 1. The molecule has 6 rings (SSSR count). The molecule has 10 nitrogen and oxygen atoms in total. The summed E-state index contributed by atoms with van der Waals surface area (Å²) in [5, 5.41) is 29.3. The molecule has 2 aliphatic rings. The molecule has 0 radical (unpaired) electrons. The number of amides is 1. The first-order valence-corrected chi connectivity index (χ1v) is 11.8. The second kappa shape index (κ2) is 8.33. The smallest absolute Gasteiger partial charge is 0.259 e. The molecule has 0 unspecified atom stereocenters. The largest absolute Gasteiger partial charge is 0.391 e. The van der Waals surface area contributed by atoms with Gasteiger partial charge < -0.3 is 15.3 Å². The van der Waals surface area contributed by atoms with E-state index in [1.165, 1.54) is 11.0 Å². The van der Waals surface area contributed by atoms with Crippen molar-refractivity contribution >= 4 is 22.8 Å². The van der Waals surface area contributed by atoms with Crippen LogP contribution in [0.3, 0.4) is 0 Å². The van der Waals surface area contributed by atoms with Gasteiger partial charge in [0.2, 0.25) is 5.82 Å². The number of aliphatic hydroxyl groups excluding tert-OH is 1. The predicted octanol–water partition coefficient (Wildman–Crippen LogP) is 3.09. The molecule has 36 heavy (non-hydrogen) atoms. The van der Waals surface area contributed by atoms with E-state index in [1.54, 1.807) is 22.8 Å². The van der Waals surface area contributed by atoms with Crippen LogP contribution in [0.15, 0.2) is 42.7 Å². The Labute approximate surface area is 204 Å². The van der Waals surface area contributed by atoms with E-state index in [9.17, 15) is 18.7 Å². The number of aryl methyl sites for hydroxylation is 1. The van der Waals surface area contributed by atoms with Gasteiger partial charge in [-0.15, -0.1) is 10.2 Å². The molecule has 1 aliphatic heterocycles. The lowest BCUT2D eigenvalue weighted by Gasteiger charge is -2.33. The third-order valence-corrected chi connectivity index (χ3v) is 6.85. The van der Waals surface area contributed by atoms with Gasteiger partial charge in [-0.2, -0.15) is 9.90 Å². The van der Waals surface area contributed by atoms with E-state index in [4.69, 9.17) is 0 Å². The Kier molecular flexibility index (Phi) is 5.21. The van der Waals surface area contributed by atoms with E-state index in [0.29, 0.717) is 41.1 Å². The molecule has 186 valence electrons. The predicted molar refractivity (Wildman–Crippen MR) is 127 cm³/mol. The highest BCUT2D eigenvalue weighted by Crippen LogP contribution is 2.44. The van der Waals surface area contributed by atoms with E-state index < -0.39 is 12.0 Å². The van der Waals surface area contributed by atoms with Gasteiger partial charge in [0.1, 0.15) is 0 Å². The minimum Gasteiger partial charge on any atom is -0.391 e. The Balaban J connectivity index is 1.23. The number of aromatic nitrogens is 6. The maximum atomic E-state index is 13.2. The number of halogens is 2. The molecule has 4 heterocycles. The fourth-order valence-electron chi connectivity index (χ4n) is 4.69. The average Bonchev–Trinajstić information content (AvgIpc) is 3.58. The van der Waals surface area contributed by atoms with Crippen LogP contribution in [0.1, 0.15) is 41.2 Å². The molecule has 1 saturated heterocycles. The van der Waals surface area contributed by atoms with E-state index in [-0.39, 0.29) is 24.9 Å². The molecular weight excluding hydrogens is 470 g/mol. The fraction of sp³-hybridized carbons (Fsp3) is 0.375. The molecule has 1 aliphatic carbocycles. The number of aliphatic hydroxyl groups is 1. The van der Waals surface area contributed by atoms with E-state index in [0.717, 1.165) is 17.8 Å². The minimum absolute atomic E-state index is 0.294. The van der Waals surface area contributed by atoms with Crippen LogP contribution in [0.4, 0.5) is 20.2 Å². The minimum atomic E-state index is -2.67. The zero-order chi connectivity index (χ0) is 25.0. The van der Waals surface area contributed by atoms with Crippen molar-refractivity contribution in [2.75, 3.05) is 23.3 Å². The van der Waals surface area contributed by atoms with Crippen LogP contribution in [0.2, 0.25) is 0 Å². The summed E-state index contributed by atoms with van der Waals surface area (Å²) < 4.78 is 28.0. The summed E-state index contributed by atoms with van der Waals surface area (Å²) in [6.07, 6.45) is 3.09. The van der Waals surface area contributed by atoms with Crippen molar-refractivity contribution in [1.29, 1.82) is 0 Å². The first-order chi connectivity index (χ1) is 17.3. The number of anilines is 2. The van der Waals surface area contributed by atoms with Crippen molar-refractivity contribution in [3.63, 3.8) is 0 Å². The van der Waals surface area contributed by atoms with Gasteiger partial charge in [-0.25, -0.2) is 13.3 Å². The fourth-order valence-corrected chi connectivity index (χ4v) is 4.69. The maximum Gasteiger partial charge on any atom is 0.259 e. The third kappa shape index (κ3) is 4.06. The molecule has 1 saturated carbocycles. The van der Waals surface area contributed by atoms with Crippen LogP contribution in [0, 0.1) is 6.92 Å². The van der Waals surface area contributed by atoms with Crippen LogP contribution in [-0.2, 0) is 0 Å². The van der Waals surface area contributed by atoms with Crippen LogP contribution in [0.25, 0.3) is 16.9 Å². The Morgan fingerprint density at radius 2 is 2.06 bits per heavy atom. The molecule has 3 aromatic heterocycles. The van der Waals surface area contributed by atoms with Gasteiger partial charge in [-0.3, -0.25) is 4.79 Å². The van der Waals surface area contributed by atoms with Crippen molar-refractivity contribution in [2.45, 2.75) is 44.3 Å². The zero-order valence-corrected chi connectivity index (χ0v) is 19.5. The van der Waals surface area contributed by atoms with Gasteiger partial charge >= 0.3 is 0 Å². The number of β-amino-alcohol motifs (C(OH)–C–C–N with tert-alkyl or cyclic N) is 1. The lowest BCUT2D eigenvalue weighted by atomic mass is 9.89. The number of rotatable bonds is 5. The third-order valence-electron chi connectivity index (χ3n) is 6.85. The summed E-state index contributed by atoms with van der Waals surface area (Å²) >= 11 is 0. The lowest BCUT2D eigenvalue weighted by molar-refractivity contribution is -0.110. The summed E-state index contributed by atoms with van der Waals surface area (Å²) in [5.74, 6) is -2.69. The van der Waals surface area contributed by atoms with Crippen LogP contribution >= 0.6 is 0 Å². The van der Waals surface area contributed by atoms with Gasteiger partial charge in [0.15, 0.2) is 0 Å². The molecule has 0 bridgehead atoms. The second-order valence-corrected chi connectivity index (χ2v) is 9.50.